The third-order valence-corrected chi connectivity index (χ3v) is 3.38. The maximum Gasteiger partial charge on any atom is 0.341 e. The third-order valence-electron chi connectivity index (χ3n) is 3.38. The van der Waals surface area contributed by atoms with E-state index in [1.165, 1.54) is 14.2 Å². The van der Waals surface area contributed by atoms with Gasteiger partial charge in [-0.15, -0.1) is 0 Å². The van der Waals surface area contributed by atoms with Gasteiger partial charge in [-0.25, -0.2) is 4.79 Å². The summed E-state index contributed by atoms with van der Waals surface area (Å²) in [6.45, 7) is 1.82. The SMILES string of the molecule is COC(=O)c1ccc(NC2=C(C)C(=O)CC2)cc1OC. The number of nitrogens with one attached hydrogen (secondary N) is 1. The normalized spacial score (nSPS) is 14.4. The first-order chi connectivity index (χ1) is 9.56. The van der Waals surface area contributed by atoms with Crippen LogP contribution in [0, 0.1) is 0 Å². The summed E-state index contributed by atoms with van der Waals surface area (Å²) in [4.78, 5) is 23.1. The van der Waals surface area contributed by atoms with Crippen molar-refractivity contribution in [1.82, 2.24) is 0 Å². The molecule has 1 aliphatic rings. The highest BCUT2D eigenvalue weighted by Gasteiger charge is 2.20. The van der Waals surface area contributed by atoms with E-state index in [4.69, 9.17) is 4.74 Å². The van der Waals surface area contributed by atoms with Crippen molar-refractivity contribution >= 4 is 17.4 Å². The van der Waals surface area contributed by atoms with Gasteiger partial charge < -0.3 is 14.8 Å². The predicted molar refractivity (Wildman–Crippen MR) is 74.9 cm³/mol. The van der Waals surface area contributed by atoms with Crippen LogP contribution >= 0.6 is 0 Å². The fraction of sp³-hybridized carbons (Fsp3) is 0.333. The van der Waals surface area contributed by atoms with E-state index in [0.717, 1.165) is 17.0 Å². The minimum absolute atomic E-state index is 0.172. The fourth-order valence-corrected chi connectivity index (χ4v) is 2.16. The molecule has 0 aromatic heterocycles. The van der Waals surface area contributed by atoms with Crippen LogP contribution in [0.4, 0.5) is 5.69 Å². The zero-order valence-corrected chi connectivity index (χ0v) is 11.8. The smallest absolute Gasteiger partial charge is 0.341 e. The molecular formula is C15H17NO4. The Balaban J connectivity index is 2.27. The minimum atomic E-state index is -0.445. The van der Waals surface area contributed by atoms with Crippen LogP contribution in [0.25, 0.3) is 0 Å². The molecule has 20 heavy (non-hydrogen) atoms. The van der Waals surface area contributed by atoms with Crippen molar-refractivity contribution in [2.45, 2.75) is 19.8 Å². The molecule has 1 aliphatic carbocycles. The standard InChI is InChI=1S/C15H17NO4/c1-9-12(6-7-13(9)17)16-10-4-5-11(15(18)20-3)14(8-10)19-2/h4-5,8,16H,6-7H2,1-3H3. The lowest BCUT2D eigenvalue weighted by Crippen LogP contribution is -2.05. The van der Waals surface area contributed by atoms with E-state index in [-0.39, 0.29) is 5.78 Å². The highest BCUT2D eigenvalue weighted by atomic mass is 16.5. The molecule has 5 heteroatoms. The van der Waals surface area contributed by atoms with Crippen LogP contribution in [0.15, 0.2) is 29.5 Å². The van der Waals surface area contributed by atoms with Crippen molar-refractivity contribution in [3.8, 4) is 5.75 Å². The summed E-state index contributed by atoms with van der Waals surface area (Å²) in [5.74, 6) is 0.162. The molecule has 1 aromatic rings. The lowest BCUT2D eigenvalue weighted by molar-refractivity contribution is -0.114. The summed E-state index contributed by atoms with van der Waals surface area (Å²) in [7, 11) is 2.82. The van der Waals surface area contributed by atoms with E-state index < -0.39 is 5.97 Å². The number of ketones is 1. The van der Waals surface area contributed by atoms with Gasteiger partial charge in [0.05, 0.1) is 14.2 Å². The number of benzene rings is 1. The van der Waals surface area contributed by atoms with Crippen molar-refractivity contribution in [1.29, 1.82) is 0 Å². The van der Waals surface area contributed by atoms with Gasteiger partial charge in [-0.05, 0) is 25.5 Å². The Kier molecular flexibility index (Phi) is 4.08. The Morgan fingerprint density at radius 1 is 1.25 bits per heavy atom. The van der Waals surface area contributed by atoms with Crippen molar-refractivity contribution in [2.24, 2.45) is 0 Å². The second-order valence-corrected chi connectivity index (χ2v) is 4.56. The maximum atomic E-state index is 11.6. The highest BCUT2D eigenvalue weighted by Crippen LogP contribution is 2.28. The van der Waals surface area contributed by atoms with Crippen LogP contribution in [0.5, 0.6) is 5.75 Å². The first-order valence-electron chi connectivity index (χ1n) is 6.33. The maximum absolute atomic E-state index is 11.6. The van der Waals surface area contributed by atoms with Gasteiger partial charge >= 0.3 is 5.97 Å². The van der Waals surface area contributed by atoms with E-state index in [9.17, 15) is 9.59 Å². The van der Waals surface area contributed by atoms with Crippen LogP contribution in [0.2, 0.25) is 0 Å². The zero-order chi connectivity index (χ0) is 14.7. The Hall–Kier alpha value is -2.30. The topological polar surface area (TPSA) is 64.6 Å². The predicted octanol–water partition coefficient (Wildman–Crippen LogP) is 2.53. The molecule has 0 radical (unpaired) electrons. The van der Waals surface area contributed by atoms with Crippen molar-refractivity contribution in [2.75, 3.05) is 19.5 Å². The van der Waals surface area contributed by atoms with Crippen LogP contribution in [-0.4, -0.2) is 26.0 Å². The monoisotopic (exact) mass is 275 g/mol. The van der Waals surface area contributed by atoms with Gasteiger partial charge in [0.1, 0.15) is 11.3 Å². The van der Waals surface area contributed by atoms with Gasteiger partial charge in [0.15, 0.2) is 5.78 Å². The number of anilines is 1. The Morgan fingerprint density at radius 2 is 2.00 bits per heavy atom. The van der Waals surface area contributed by atoms with Crippen LogP contribution in [-0.2, 0) is 9.53 Å². The second kappa shape index (κ2) is 5.77. The lowest BCUT2D eigenvalue weighted by atomic mass is 10.1. The zero-order valence-electron chi connectivity index (χ0n) is 11.8. The van der Waals surface area contributed by atoms with Crippen LogP contribution < -0.4 is 10.1 Å². The molecular weight excluding hydrogens is 258 g/mol. The number of hydrogen-bond acceptors (Lipinski definition) is 5. The molecule has 1 N–H and O–H groups in total. The van der Waals surface area contributed by atoms with Gasteiger partial charge in [0.2, 0.25) is 0 Å². The third kappa shape index (κ3) is 2.66. The summed E-state index contributed by atoms with van der Waals surface area (Å²) in [6.07, 6.45) is 1.26. The first-order valence-corrected chi connectivity index (χ1v) is 6.33. The average molecular weight is 275 g/mol. The number of rotatable bonds is 4. The number of carbonyl (C=O) groups is 2. The van der Waals surface area contributed by atoms with Crippen molar-refractivity contribution in [3.05, 3.63) is 35.0 Å². The van der Waals surface area contributed by atoms with Gasteiger partial charge in [-0.1, -0.05) is 0 Å². The molecule has 0 atom stereocenters. The van der Waals surface area contributed by atoms with Gasteiger partial charge in [-0.2, -0.15) is 0 Å². The molecule has 2 rings (SSSR count). The molecule has 0 aliphatic heterocycles. The quantitative estimate of drug-likeness (QED) is 0.855. The van der Waals surface area contributed by atoms with E-state index >= 15 is 0 Å². The van der Waals surface area contributed by atoms with Crippen LogP contribution in [0.1, 0.15) is 30.1 Å². The molecule has 0 heterocycles. The Bertz CT molecular complexity index is 590. The fourth-order valence-electron chi connectivity index (χ4n) is 2.16. The van der Waals surface area contributed by atoms with Gasteiger partial charge in [-0.3, -0.25) is 4.79 Å². The molecule has 0 saturated heterocycles. The van der Waals surface area contributed by atoms with E-state index in [1.807, 2.05) is 6.92 Å². The van der Waals surface area contributed by atoms with E-state index in [1.54, 1.807) is 18.2 Å². The van der Waals surface area contributed by atoms with Crippen molar-refractivity contribution < 1.29 is 19.1 Å². The number of methoxy groups -OCH3 is 2. The van der Waals surface area contributed by atoms with E-state index in [2.05, 4.69) is 10.1 Å². The summed E-state index contributed by atoms with van der Waals surface area (Å²) in [6, 6.07) is 5.12. The minimum Gasteiger partial charge on any atom is -0.496 e. The number of ether oxygens (including phenoxy) is 2. The molecule has 1 aromatic carbocycles. The molecule has 106 valence electrons. The van der Waals surface area contributed by atoms with Gasteiger partial charge in [0.25, 0.3) is 0 Å². The largest absolute Gasteiger partial charge is 0.496 e. The molecule has 5 nitrogen and oxygen atoms in total. The number of esters is 1. The van der Waals surface area contributed by atoms with E-state index in [0.29, 0.717) is 24.2 Å². The molecule has 0 fully saturated rings. The number of hydrogen-bond donors (Lipinski definition) is 1. The Morgan fingerprint density at radius 3 is 2.55 bits per heavy atom. The van der Waals surface area contributed by atoms with Gasteiger partial charge in [0, 0.05) is 29.4 Å². The number of carbonyl (C=O) groups excluding carboxylic acids is 2. The molecule has 0 saturated carbocycles. The highest BCUT2D eigenvalue weighted by molar-refractivity contribution is 5.99. The van der Waals surface area contributed by atoms with Crippen LogP contribution in [0.3, 0.4) is 0 Å². The second-order valence-electron chi connectivity index (χ2n) is 4.56. The Labute approximate surface area is 117 Å². The number of allylic oxidation sites excluding steroid dienone is 2. The number of Topliss-reactive ketones (excluding diaryl/α,β-unsaturated/α-hetero) is 1. The first kappa shape index (κ1) is 14.1. The molecule has 0 bridgehead atoms. The summed E-state index contributed by atoms with van der Waals surface area (Å²) < 4.78 is 9.89. The summed E-state index contributed by atoms with van der Waals surface area (Å²) in [5, 5.41) is 3.21. The molecule has 0 unspecified atom stereocenters. The summed E-state index contributed by atoms with van der Waals surface area (Å²) in [5.41, 5.74) is 2.83. The average Bonchev–Trinajstić information content (AvgIpc) is 2.78. The van der Waals surface area contributed by atoms with Crippen molar-refractivity contribution in [3.63, 3.8) is 0 Å². The molecule has 0 spiro atoms. The molecule has 0 amide bonds. The summed E-state index contributed by atoms with van der Waals surface area (Å²) >= 11 is 0. The lowest BCUT2D eigenvalue weighted by Gasteiger charge is -2.12.